The van der Waals surface area contributed by atoms with Gasteiger partial charge in [-0.05, 0) is 52.8 Å². The summed E-state index contributed by atoms with van der Waals surface area (Å²) in [7, 11) is 0. The molecule has 1 aromatic heterocycles. The molecule has 0 atom stereocenters. The van der Waals surface area contributed by atoms with Crippen molar-refractivity contribution in [1.82, 2.24) is 4.98 Å². The molecule has 0 spiro atoms. The van der Waals surface area contributed by atoms with Gasteiger partial charge >= 0.3 is 0 Å². The summed E-state index contributed by atoms with van der Waals surface area (Å²) in [5.74, 6) is 0.525. The zero-order chi connectivity index (χ0) is 15.4. The van der Waals surface area contributed by atoms with Gasteiger partial charge in [0.1, 0.15) is 10.7 Å². The SMILES string of the molecule is CC(C)CNc1nc(N)c(C(=O)Nc2ccc(I)cc2)s1. The van der Waals surface area contributed by atoms with Gasteiger partial charge in [0.05, 0.1) is 0 Å². The van der Waals surface area contributed by atoms with Crippen molar-refractivity contribution < 1.29 is 4.79 Å². The molecule has 7 heteroatoms. The molecule has 0 radical (unpaired) electrons. The minimum Gasteiger partial charge on any atom is -0.382 e. The number of hydrogen-bond donors (Lipinski definition) is 3. The van der Waals surface area contributed by atoms with Crippen LogP contribution in [-0.2, 0) is 0 Å². The van der Waals surface area contributed by atoms with Gasteiger partial charge in [-0.1, -0.05) is 25.2 Å². The molecule has 0 aliphatic heterocycles. The van der Waals surface area contributed by atoms with Crippen LogP contribution in [-0.4, -0.2) is 17.4 Å². The first kappa shape index (κ1) is 16.0. The van der Waals surface area contributed by atoms with Crippen molar-refractivity contribution in [3.05, 3.63) is 32.7 Å². The molecule has 0 aliphatic rings. The minimum atomic E-state index is -0.233. The van der Waals surface area contributed by atoms with Crippen LogP contribution in [0.4, 0.5) is 16.6 Å². The van der Waals surface area contributed by atoms with Gasteiger partial charge in [-0.15, -0.1) is 0 Å². The molecule has 4 N–H and O–H groups in total. The monoisotopic (exact) mass is 416 g/mol. The van der Waals surface area contributed by atoms with E-state index in [2.05, 4.69) is 52.1 Å². The molecule has 1 amide bonds. The number of halogens is 1. The minimum absolute atomic E-state index is 0.233. The third kappa shape index (κ3) is 4.57. The maximum Gasteiger partial charge on any atom is 0.269 e. The van der Waals surface area contributed by atoms with Crippen LogP contribution in [0.2, 0.25) is 0 Å². The van der Waals surface area contributed by atoms with Crippen LogP contribution in [0.3, 0.4) is 0 Å². The van der Waals surface area contributed by atoms with E-state index in [4.69, 9.17) is 5.73 Å². The predicted molar refractivity (Wildman–Crippen MR) is 97.0 cm³/mol. The number of hydrogen-bond acceptors (Lipinski definition) is 5. The molecule has 1 heterocycles. The second kappa shape index (κ2) is 7.08. The van der Waals surface area contributed by atoms with Crippen molar-refractivity contribution in [2.75, 3.05) is 22.9 Å². The Hall–Kier alpha value is -1.35. The van der Waals surface area contributed by atoms with Gasteiger partial charge in [0.15, 0.2) is 5.13 Å². The number of carbonyl (C=O) groups is 1. The van der Waals surface area contributed by atoms with Crippen LogP contribution in [0, 0.1) is 9.49 Å². The van der Waals surface area contributed by atoms with Crippen molar-refractivity contribution >= 4 is 56.5 Å². The first-order chi connectivity index (χ1) is 9.95. The lowest BCUT2D eigenvalue weighted by atomic mass is 10.2. The number of nitrogens with zero attached hydrogens (tertiary/aromatic N) is 1. The van der Waals surface area contributed by atoms with E-state index in [1.165, 1.54) is 11.3 Å². The largest absolute Gasteiger partial charge is 0.382 e. The lowest BCUT2D eigenvalue weighted by molar-refractivity contribution is 0.103. The molecule has 0 fully saturated rings. The summed E-state index contributed by atoms with van der Waals surface area (Å²) in [4.78, 5) is 16.8. The van der Waals surface area contributed by atoms with Gasteiger partial charge in [-0.3, -0.25) is 4.79 Å². The van der Waals surface area contributed by atoms with Gasteiger partial charge in [-0.25, -0.2) is 4.98 Å². The van der Waals surface area contributed by atoms with Crippen molar-refractivity contribution in [3.8, 4) is 0 Å². The Morgan fingerprint density at radius 2 is 2.05 bits per heavy atom. The Bertz CT molecular complexity index is 624. The number of aromatic nitrogens is 1. The Balaban J connectivity index is 2.06. The zero-order valence-corrected chi connectivity index (χ0v) is 14.8. The molecule has 5 nitrogen and oxygen atoms in total. The van der Waals surface area contributed by atoms with Crippen LogP contribution in [0.5, 0.6) is 0 Å². The fourth-order valence-electron chi connectivity index (χ4n) is 1.58. The summed E-state index contributed by atoms with van der Waals surface area (Å²) in [5.41, 5.74) is 6.56. The Morgan fingerprint density at radius 1 is 1.38 bits per heavy atom. The molecular formula is C14H17IN4OS. The Morgan fingerprint density at radius 3 is 2.67 bits per heavy atom. The number of thiazole rings is 1. The van der Waals surface area contributed by atoms with Gasteiger partial charge in [0, 0.05) is 15.8 Å². The summed E-state index contributed by atoms with van der Waals surface area (Å²) in [5, 5.41) is 6.68. The number of rotatable bonds is 5. The number of nitrogen functional groups attached to an aromatic ring is 1. The Labute approximate surface area is 141 Å². The molecule has 0 aliphatic carbocycles. The van der Waals surface area contributed by atoms with Gasteiger partial charge < -0.3 is 16.4 Å². The average Bonchev–Trinajstić information content (AvgIpc) is 2.80. The number of anilines is 3. The second-order valence-corrected chi connectivity index (χ2v) is 7.21. The van der Waals surface area contributed by atoms with Crippen LogP contribution >= 0.6 is 33.9 Å². The Kier molecular flexibility index (Phi) is 5.40. The predicted octanol–water partition coefficient (Wildman–Crippen LogP) is 3.65. The van der Waals surface area contributed by atoms with Crippen LogP contribution in [0.1, 0.15) is 23.5 Å². The van der Waals surface area contributed by atoms with Crippen molar-refractivity contribution in [2.24, 2.45) is 5.92 Å². The number of benzene rings is 1. The average molecular weight is 416 g/mol. The summed E-state index contributed by atoms with van der Waals surface area (Å²) in [6.07, 6.45) is 0. The maximum absolute atomic E-state index is 12.2. The van der Waals surface area contributed by atoms with Crippen molar-refractivity contribution in [2.45, 2.75) is 13.8 Å². The van der Waals surface area contributed by atoms with E-state index in [-0.39, 0.29) is 11.7 Å². The molecule has 112 valence electrons. The number of nitrogens with one attached hydrogen (secondary N) is 2. The second-order valence-electron chi connectivity index (χ2n) is 4.97. The lowest BCUT2D eigenvalue weighted by Crippen LogP contribution is -2.12. The van der Waals surface area contributed by atoms with E-state index in [9.17, 15) is 4.79 Å². The van der Waals surface area contributed by atoms with Gasteiger partial charge in [-0.2, -0.15) is 0 Å². The first-order valence-electron chi connectivity index (χ1n) is 6.53. The van der Waals surface area contributed by atoms with E-state index in [1.54, 1.807) is 0 Å². The third-order valence-electron chi connectivity index (χ3n) is 2.62. The maximum atomic E-state index is 12.2. The molecular weight excluding hydrogens is 399 g/mol. The summed E-state index contributed by atoms with van der Waals surface area (Å²) in [6.45, 7) is 5.01. The normalized spacial score (nSPS) is 10.7. The number of amides is 1. The fourth-order valence-corrected chi connectivity index (χ4v) is 2.73. The molecule has 0 bridgehead atoms. The lowest BCUT2D eigenvalue weighted by Gasteiger charge is -2.04. The first-order valence-corrected chi connectivity index (χ1v) is 8.42. The standard InChI is InChI=1S/C14H17IN4OS/c1-8(2)7-17-14-19-12(16)11(21-14)13(20)18-10-5-3-9(15)4-6-10/h3-6,8H,7,16H2,1-2H3,(H,17,19)(H,18,20). The summed E-state index contributed by atoms with van der Waals surface area (Å²) >= 11 is 3.49. The van der Waals surface area contributed by atoms with Gasteiger partial charge in [0.2, 0.25) is 0 Å². The molecule has 2 aromatic rings. The highest BCUT2D eigenvalue weighted by atomic mass is 127. The van der Waals surface area contributed by atoms with E-state index >= 15 is 0 Å². The quantitative estimate of drug-likeness (QED) is 0.651. The number of nitrogens with two attached hydrogens (primary N) is 1. The summed E-state index contributed by atoms with van der Waals surface area (Å²) in [6, 6.07) is 7.58. The molecule has 2 rings (SSSR count). The highest BCUT2D eigenvalue weighted by Gasteiger charge is 2.16. The van der Waals surface area contributed by atoms with Crippen molar-refractivity contribution in [1.29, 1.82) is 0 Å². The molecule has 1 aromatic carbocycles. The zero-order valence-electron chi connectivity index (χ0n) is 11.8. The van der Waals surface area contributed by atoms with Crippen molar-refractivity contribution in [3.63, 3.8) is 0 Å². The molecule has 0 saturated carbocycles. The van der Waals surface area contributed by atoms with Crippen LogP contribution in [0.25, 0.3) is 0 Å². The third-order valence-corrected chi connectivity index (χ3v) is 4.37. The fraction of sp³-hybridized carbons (Fsp3) is 0.286. The molecule has 0 unspecified atom stereocenters. The van der Waals surface area contributed by atoms with E-state index in [0.717, 1.165) is 15.8 Å². The highest BCUT2D eigenvalue weighted by Crippen LogP contribution is 2.26. The smallest absolute Gasteiger partial charge is 0.269 e. The summed E-state index contributed by atoms with van der Waals surface area (Å²) < 4.78 is 1.11. The van der Waals surface area contributed by atoms with E-state index in [1.807, 2.05) is 24.3 Å². The highest BCUT2D eigenvalue weighted by molar-refractivity contribution is 14.1. The number of carbonyl (C=O) groups excluding carboxylic acids is 1. The molecule has 0 saturated heterocycles. The molecule has 21 heavy (non-hydrogen) atoms. The topological polar surface area (TPSA) is 80.0 Å². The van der Waals surface area contributed by atoms with Gasteiger partial charge in [0.25, 0.3) is 5.91 Å². The van der Waals surface area contributed by atoms with E-state index < -0.39 is 0 Å². The van der Waals surface area contributed by atoms with E-state index in [0.29, 0.717) is 15.9 Å². The van der Waals surface area contributed by atoms with Crippen LogP contribution < -0.4 is 16.4 Å². The van der Waals surface area contributed by atoms with Crippen LogP contribution in [0.15, 0.2) is 24.3 Å².